The highest BCUT2D eigenvalue weighted by atomic mass is 16.5. The molecule has 2 heterocycles. The molecule has 104 valence electrons. The number of carboxylic acids is 1. The summed E-state index contributed by atoms with van der Waals surface area (Å²) in [5.74, 6) is -0.157. The molecule has 1 aromatic carbocycles. The first kappa shape index (κ1) is 12.8. The van der Waals surface area contributed by atoms with Crippen LogP contribution in [-0.2, 0) is 9.53 Å². The summed E-state index contributed by atoms with van der Waals surface area (Å²) in [5, 5.41) is 8.64. The lowest BCUT2D eigenvalue weighted by Crippen LogP contribution is -2.62. The number of carboxylic acid groups (broad SMARTS) is 1. The fourth-order valence-corrected chi connectivity index (χ4v) is 2.35. The number of rotatable bonds is 4. The molecule has 0 unspecified atom stereocenters. The van der Waals surface area contributed by atoms with Gasteiger partial charge in [0.15, 0.2) is 0 Å². The Bertz CT molecular complexity index is 653. The third-order valence-electron chi connectivity index (χ3n) is 3.35. The van der Waals surface area contributed by atoms with E-state index in [-0.39, 0.29) is 6.61 Å². The van der Waals surface area contributed by atoms with Gasteiger partial charge < -0.3 is 14.7 Å². The monoisotopic (exact) mass is 273 g/mol. The first-order valence-corrected chi connectivity index (χ1v) is 6.38. The molecule has 0 atom stereocenters. The lowest BCUT2D eigenvalue weighted by molar-refractivity contribution is -0.150. The van der Waals surface area contributed by atoms with Gasteiger partial charge in [-0.1, -0.05) is 12.1 Å². The molecule has 0 radical (unpaired) electrons. The fraction of sp³-hybridized carbons (Fsp3) is 0.357. The summed E-state index contributed by atoms with van der Waals surface area (Å²) in [6.45, 7) is 2.87. The van der Waals surface area contributed by atoms with Gasteiger partial charge in [0.25, 0.3) is 0 Å². The molecule has 1 aromatic heterocycles. The van der Waals surface area contributed by atoms with Crippen molar-refractivity contribution in [1.29, 1.82) is 0 Å². The van der Waals surface area contributed by atoms with Crippen molar-refractivity contribution in [2.45, 2.75) is 12.5 Å². The highest BCUT2D eigenvalue weighted by molar-refractivity contribution is 5.75. The van der Waals surface area contributed by atoms with Crippen LogP contribution in [0.2, 0.25) is 0 Å². The summed E-state index contributed by atoms with van der Waals surface area (Å²) in [6.07, 6.45) is 1.74. The molecule has 0 saturated carbocycles. The zero-order chi connectivity index (χ0) is 14.2. The number of carbonyl (C=O) groups is 1. The minimum Gasteiger partial charge on any atom is -0.480 e. The van der Waals surface area contributed by atoms with Gasteiger partial charge in [0.2, 0.25) is 0 Å². The Labute approximate surface area is 116 Å². The van der Waals surface area contributed by atoms with Crippen LogP contribution in [0.3, 0.4) is 0 Å². The molecule has 3 rings (SSSR count). The smallest absolute Gasteiger partial charge is 0.329 e. The van der Waals surface area contributed by atoms with Crippen LogP contribution in [-0.4, -0.2) is 46.3 Å². The van der Waals surface area contributed by atoms with Crippen LogP contribution in [0, 0.1) is 0 Å². The van der Waals surface area contributed by atoms with Gasteiger partial charge in [-0.3, -0.25) is 4.98 Å². The van der Waals surface area contributed by atoms with Crippen LogP contribution in [0.15, 0.2) is 30.5 Å². The summed E-state index contributed by atoms with van der Waals surface area (Å²) in [4.78, 5) is 21.5. The highest BCUT2D eigenvalue weighted by Crippen LogP contribution is 2.29. The van der Waals surface area contributed by atoms with Crippen LogP contribution in [0.1, 0.15) is 6.92 Å². The van der Waals surface area contributed by atoms with Gasteiger partial charge in [-0.15, -0.1) is 0 Å². The van der Waals surface area contributed by atoms with Crippen LogP contribution in [0.5, 0.6) is 0 Å². The minimum absolute atomic E-state index is 0.270. The van der Waals surface area contributed by atoms with E-state index < -0.39 is 11.6 Å². The first-order chi connectivity index (χ1) is 9.56. The van der Waals surface area contributed by atoms with Gasteiger partial charge in [0.1, 0.15) is 18.0 Å². The highest BCUT2D eigenvalue weighted by Gasteiger charge is 2.41. The molecule has 0 bridgehead atoms. The average Bonchev–Trinajstić information content (AvgIpc) is 2.41. The lowest BCUT2D eigenvalue weighted by atomic mass is 9.96. The molecule has 1 aliphatic rings. The fourth-order valence-electron chi connectivity index (χ4n) is 2.35. The number of aliphatic carboxylic acids is 1. The average molecular weight is 273 g/mol. The number of benzene rings is 1. The Morgan fingerprint density at radius 3 is 2.80 bits per heavy atom. The van der Waals surface area contributed by atoms with E-state index in [1.807, 2.05) is 36.1 Å². The largest absolute Gasteiger partial charge is 0.480 e. The Kier molecular flexibility index (Phi) is 3.02. The van der Waals surface area contributed by atoms with Crippen molar-refractivity contribution >= 4 is 22.8 Å². The number of para-hydroxylation sites is 2. The molecule has 1 aliphatic heterocycles. The Balaban J connectivity index is 1.70. The third kappa shape index (κ3) is 2.42. The maximum absolute atomic E-state index is 10.5. The Morgan fingerprint density at radius 2 is 2.10 bits per heavy atom. The molecule has 1 N–H and O–H groups in total. The number of fused-ring (bicyclic) bond motifs is 1. The second kappa shape index (κ2) is 4.72. The van der Waals surface area contributed by atoms with Gasteiger partial charge in [0, 0.05) is 0 Å². The predicted octanol–water partition coefficient (Wildman–Crippen LogP) is 1.31. The number of nitrogens with zero attached hydrogens (tertiary/aromatic N) is 3. The van der Waals surface area contributed by atoms with Gasteiger partial charge >= 0.3 is 5.97 Å². The van der Waals surface area contributed by atoms with E-state index in [0.29, 0.717) is 13.1 Å². The first-order valence-electron chi connectivity index (χ1n) is 6.38. The van der Waals surface area contributed by atoms with Crippen LogP contribution < -0.4 is 4.90 Å². The van der Waals surface area contributed by atoms with E-state index in [9.17, 15) is 4.79 Å². The van der Waals surface area contributed by atoms with Crippen molar-refractivity contribution in [3.05, 3.63) is 30.5 Å². The second-order valence-electron chi connectivity index (χ2n) is 5.21. The number of hydrogen-bond donors (Lipinski definition) is 1. The second-order valence-corrected chi connectivity index (χ2v) is 5.21. The summed E-state index contributed by atoms with van der Waals surface area (Å²) < 4.78 is 5.38. The SMILES string of the molecule is CC1(OCC(=O)O)CN(c2cnc3ccccc3n2)C1. The topological polar surface area (TPSA) is 75.6 Å². The van der Waals surface area contributed by atoms with Crippen molar-refractivity contribution in [3.63, 3.8) is 0 Å². The molecular formula is C14H15N3O3. The predicted molar refractivity (Wildman–Crippen MR) is 73.7 cm³/mol. The number of ether oxygens (including phenoxy) is 1. The molecule has 1 saturated heterocycles. The normalized spacial score (nSPS) is 16.9. The van der Waals surface area contributed by atoms with E-state index in [1.165, 1.54) is 0 Å². The molecular weight excluding hydrogens is 258 g/mol. The van der Waals surface area contributed by atoms with Crippen molar-refractivity contribution in [2.75, 3.05) is 24.6 Å². The number of aromatic nitrogens is 2. The van der Waals surface area contributed by atoms with Gasteiger partial charge in [-0.25, -0.2) is 9.78 Å². The summed E-state index contributed by atoms with van der Waals surface area (Å²) >= 11 is 0. The van der Waals surface area contributed by atoms with Crippen LogP contribution in [0.4, 0.5) is 5.82 Å². The third-order valence-corrected chi connectivity index (χ3v) is 3.35. The zero-order valence-corrected chi connectivity index (χ0v) is 11.1. The van der Waals surface area contributed by atoms with Crippen molar-refractivity contribution in [1.82, 2.24) is 9.97 Å². The molecule has 0 spiro atoms. The lowest BCUT2D eigenvalue weighted by Gasteiger charge is -2.47. The molecule has 6 nitrogen and oxygen atoms in total. The van der Waals surface area contributed by atoms with Crippen molar-refractivity contribution < 1.29 is 14.6 Å². The summed E-state index contributed by atoms with van der Waals surface area (Å²) in [7, 11) is 0. The zero-order valence-electron chi connectivity index (χ0n) is 11.1. The number of anilines is 1. The maximum atomic E-state index is 10.5. The van der Waals surface area contributed by atoms with E-state index in [1.54, 1.807) is 6.20 Å². The summed E-state index contributed by atoms with van der Waals surface area (Å²) in [6, 6.07) is 7.70. The van der Waals surface area contributed by atoms with E-state index >= 15 is 0 Å². The van der Waals surface area contributed by atoms with Crippen molar-refractivity contribution in [2.24, 2.45) is 0 Å². The van der Waals surface area contributed by atoms with Crippen LogP contribution in [0.25, 0.3) is 11.0 Å². The Hall–Kier alpha value is -2.21. The number of hydrogen-bond acceptors (Lipinski definition) is 5. The van der Waals surface area contributed by atoms with Gasteiger partial charge in [0.05, 0.1) is 30.3 Å². The molecule has 20 heavy (non-hydrogen) atoms. The van der Waals surface area contributed by atoms with Gasteiger partial charge in [-0.05, 0) is 19.1 Å². The van der Waals surface area contributed by atoms with E-state index in [2.05, 4.69) is 9.97 Å². The molecule has 1 fully saturated rings. The Morgan fingerprint density at radius 1 is 1.40 bits per heavy atom. The molecule has 0 aliphatic carbocycles. The van der Waals surface area contributed by atoms with Gasteiger partial charge in [-0.2, -0.15) is 0 Å². The summed E-state index contributed by atoms with van der Waals surface area (Å²) in [5.41, 5.74) is 1.29. The molecule has 6 heteroatoms. The minimum atomic E-state index is -0.949. The van der Waals surface area contributed by atoms with Crippen molar-refractivity contribution in [3.8, 4) is 0 Å². The quantitative estimate of drug-likeness (QED) is 0.905. The van der Waals surface area contributed by atoms with Crippen LogP contribution >= 0.6 is 0 Å². The molecule has 2 aromatic rings. The standard InChI is InChI=1S/C14H15N3O3/c1-14(20-7-13(18)19)8-17(9-14)12-6-15-10-4-2-3-5-11(10)16-12/h2-6H,7-9H2,1H3,(H,18,19). The van der Waals surface area contributed by atoms with E-state index in [4.69, 9.17) is 9.84 Å². The maximum Gasteiger partial charge on any atom is 0.329 e. The molecule has 0 amide bonds. The van der Waals surface area contributed by atoms with E-state index in [0.717, 1.165) is 16.9 Å².